The number of halogens is 1. The summed E-state index contributed by atoms with van der Waals surface area (Å²) in [5.74, 6) is -2.94. The van der Waals surface area contributed by atoms with Crippen molar-refractivity contribution >= 4 is 49.3 Å². The van der Waals surface area contributed by atoms with Gasteiger partial charge in [0.1, 0.15) is 11.8 Å². The van der Waals surface area contributed by atoms with Gasteiger partial charge in [-0.2, -0.15) is 8.42 Å². The number of nitrogens with one attached hydrogen (secondary N) is 2. The highest BCUT2D eigenvalue weighted by molar-refractivity contribution is 8.21. The Morgan fingerprint density at radius 3 is 2.62 bits per heavy atom. The lowest BCUT2D eigenvalue weighted by molar-refractivity contribution is -0.388. The molecule has 0 saturated heterocycles. The Hall–Kier alpha value is -1.96. The number of rotatable bonds is 7. The average molecular weight is 399 g/mol. The van der Waals surface area contributed by atoms with Crippen LogP contribution in [0.5, 0.6) is 0 Å². The first kappa shape index (κ1) is 20.1. The molecule has 1 heterocycles. The fraction of sp³-hybridized carbons (Fsp3) is 0.300. The Kier molecular flexibility index (Phi) is 6.89. The normalized spacial score (nSPS) is 12.3. The predicted molar refractivity (Wildman–Crippen MR) is 84.3 cm³/mol. The maximum Gasteiger partial charge on any atom is 0.303 e. The molecule has 132 valence electrons. The van der Waals surface area contributed by atoms with Crippen molar-refractivity contribution in [1.29, 1.82) is 0 Å². The molecule has 1 aromatic rings. The lowest BCUT2D eigenvalue weighted by atomic mass is 10.2. The highest BCUT2D eigenvalue weighted by Gasteiger charge is 2.27. The molecule has 0 aliphatic heterocycles. The van der Waals surface area contributed by atoms with E-state index in [-0.39, 0.29) is 10.6 Å². The van der Waals surface area contributed by atoms with Gasteiger partial charge in [0.25, 0.3) is 16.0 Å². The molecule has 11 nitrogen and oxygen atoms in total. The largest absolute Gasteiger partial charge is 0.357 e. The van der Waals surface area contributed by atoms with E-state index in [0.29, 0.717) is 11.0 Å². The van der Waals surface area contributed by atoms with E-state index in [4.69, 9.17) is 15.2 Å². The fourth-order valence-corrected chi connectivity index (χ4v) is 2.88. The fourth-order valence-electron chi connectivity index (χ4n) is 1.56. The van der Waals surface area contributed by atoms with E-state index in [2.05, 4.69) is 15.6 Å². The standard InChI is InChI=1S/C10H11ClN4O7S2/c1-12-9(17)6(4-24(20,21)22)14-8(16)5-2-7(15(18)19)10(23-11)13-3-5/h2-3,6H,4H2,1H3,(H,12,17)(H,14,16)(H,20,21,22). The van der Waals surface area contributed by atoms with E-state index in [1.54, 1.807) is 0 Å². The van der Waals surface area contributed by atoms with Gasteiger partial charge in [-0.15, -0.1) is 0 Å². The maximum atomic E-state index is 12.1. The SMILES string of the molecule is CNC(=O)C(CS(=O)(=O)O)NC(=O)c1cnc(SCl)c([N+](=O)[O-])c1. The summed E-state index contributed by atoms with van der Waals surface area (Å²) < 4.78 is 30.6. The van der Waals surface area contributed by atoms with E-state index in [1.807, 2.05) is 0 Å². The summed E-state index contributed by atoms with van der Waals surface area (Å²) in [6.45, 7) is 0. The summed E-state index contributed by atoms with van der Waals surface area (Å²) in [6, 6.07) is -0.722. The van der Waals surface area contributed by atoms with Gasteiger partial charge in [-0.3, -0.25) is 24.3 Å². The van der Waals surface area contributed by atoms with E-state index >= 15 is 0 Å². The summed E-state index contributed by atoms with van der Waals surface area (Å²) in [5.41, 5.74) is -0.825. The zero-order valence-corrected chi connectivity index (χ0v) is 14.3. The third kappa shape index (κ3) is 5.59. The molecular weight excluding hydrogens is 388 g/mol. The Labute approximate surface area is 144 Å². The second-order valence-corrected chi connectivity index (χ2v) is 6.77. The molecule has 1 aromatic heterocycles. The summed E-state index contributed by atoms with van der Waals surface area (Å²) >= 11 is 0. The van der Waals surface area contributed by atoms with Crippen LogP contribution in [-0.2, 0) is 14.9 Å². The summed E-state index contributed by atoms with van der Waals surface area (Å²) in [5, 5.41) is 14.9. The monoisotopic (exact) mass is 398 g/mol. The van der Waals surface area contributed by atoms with Gasteiger partial charge in [0.05, 0.1) is 10.5 Å². The lowest BCUT2D eigenvalue weighted by Gasteiger charge is -2.15. The van der Waals surface area contributed by atoms with Gasteiger partial charge in [0.15, 0.2) is 5.03 Å². The molecule has 0 bridgehead atoms. The van der Waals surface area contributed by atoms with Crippen LogP contribution in [-0.4, -0.2) is 53.5 Å². The molecule has 0 aromatic carbocycles. The molecule has 0 spiro atoms. The van der Waals surface area contributed by atoms with E-state index < -0.39 is 44.3 Å². The molecular formula is C10H11ClN4O7S2. The van der Waals surface area contributed by atoms with Crippen molar-refractivity contribution in [2.45, 2.75) is 11.1 Å². The molecule has 0 aliphatic carbocycles. The molecule has 0 saturated carbocycles. The van der Waals surface area contributed by atoms with Crippen LogP contribution in [0.25, 0.3) is 0 Å². The number of nitrogens with zero attached hydrogens (tertiary/aromatic N) is 2. The third-order valence-corrected chi connectivity index (χ3v) is 4.26. The summed E-state index contributed by atoms with van der Waals surface area (Å²) in [4.78, 5) is 37.4. The first-order valence-electron chi connectivity index (χ1n) is 5.99. The van der Waals surface area contributed by atoms with Crippen molar-refractivity contribution in [1.82, 2.24) is 15.6 Å². The minimum atomic E-state index is -4.56. The first-order valence-corrected chi connectivity index (χ1v) is 9.25. The van der Waals surface area contributed by atoms with Crippen molar-refractivity contribution in [3.8, 4) is 0 Å². The van der Waals surface area contributed by atoms with Gasteiger partial charge >= 0.3 is 5.69 Å². The lowest BCUT2D eigenvalue weighted by Crippen LogP contribution is -2.49. The predicted octanol–water partition coefficient (Wildman–Crippen LogP) is -0.0321. The van der Waals surface area contributed by atoms with Crippen LogP contribution in [0.4, 0.5) is 5.69 Å². The Bertz CT molecular complexity index is 770. The van der Waals surface area contributed by atoms with Crippen LogP contribution in [0, 0.1) is 10.1 Å². The zero-order valence-electron chi connectivity index (χ0n) is 11.9. The third-order valence-electron chi connectivity index (χ3n) is 2.61. The smallest absolute Gasteiger partial charge is 0.303 e. The van der Waals surface area contributed by atoms with Crippen molar-refractivity contribution in [2.75, 3.05) is 12.8 Å². The number of pyridine rings is 1. The van der Waals surface area contributed by atoms with Gasteiger partial charge in [0, 0.05) is 30.3 Å². The quantitative estimate of drug-likeness (QED) is 0.324. The van der Waals surface area contributed by atoms with Crippen LogP contribution in [0.2, 0.25) is 0 Å². The maximum absolute atomic E-state index is 12.1. The van der Waals surface area contributed by atoms with E-state index in [0.717, 1.165) is 12.3 Å². The Balaban J connectivity index is 3.09. The van der Waals surface area contributed by atoms with Gasteiger partial charge in [-0.25, -0.2) is 4.98 Å². The Morgan fingerprint density at radius 1 is 1.54 bits per heavy atom. The first-order chi connectivity index (χ1) is 11.1. The number of hydrogen-bond acceptors (Lipinski definition) is 8. The second-order valence-electron chi connectivity index (χ2n) is 4.27. The van der Waals surface area contributed by atoms with Crippen molar-refractivity contribution in [3.63, 3.8) is 0 Å². The number of nitro groups is 1. The van der Waals surface area contributed by atoms with Gasteiger partial charge in [-0.05, 0) is 10.7 Å². The Morgan fingerprint density at radius 2 is 2.17 bits per heavy atom. The second kappa shape index (κ2) is 8.23. The molecule has 1 rings (SSSR count). The molecule has 14 heteroatoms. The van der Waals surface area contributed by atoms with Crippen LogP contribution < -0.4 is 10.6 Å². The minimum Gasteiger partial charge on any atom is -0.357 e. The summed E-state index contributed by atoms with van der Waals surface area (Å²) in [6.07, 6.45) is 0.974. The molecule has 0 radical (unpaired) electrons. The summed E-state index contributed by atoms with van der Waals surface area (Å²) in [7, 11) is 2.55. The number of hydrogen-bond donors (Lipinski definition) is 3. The number of carbonyl (C=O) groups is 2. The van der Waals surface area contributed by atoms with Gasteiger partial charge < -0.3 is 10.6 Å². The van der Waals surface area contributed by atoms with Crippen molar-refractivity contribution < 1.29 is 27.5 Å². The molecule has 1 unspecified atom stereocenters. The number of aromatic nitrogens is 1. The van der Waals surface area contributed by atoms with Crippen LogP contribution in [0.1, 0.15) is 10.4 Å². The van der Waals surface area contributed by atoms with Crippen LogP contribution in [0.15, 0.2) is 17.3 Å². The van der Waals surface area contributed by atoms with E-state index in [1.165, 1.54) is 7.05 Å². The highest BCUT2D eigenvalue weighted by Crippen LogP contribution is 2.29. The zero-order chi connectivity index (χ0) is 18.5. The number of amides is 2. The van der Waals surface area contributed by atoms with E-state index in [9.17, 15) is 28.1 Å². The molecule has 3 N–H and O–H groups in total. The van der Waals surface area contributed by atoms with Crippen LogP contribution >= 0.6 is 21.7 Å². The average Bonchev–Trinajstić information content (AvgIpc) is 2.51. The molecule has 2 amide bonds. The van der Waals surface area contributed by atoms with Gasteiger partial charge in [0.2, 0.25) is 5.91 Å². The molecule has 24 heavy (non-hydrogen) atoms. The minimum absolute atomic E-state index is 0.140. The molecule has 0 fully saturated rings. The topological polar surface area (TPSA) is 169 Å². The van der Waals surface area contributed by atoms with Crippen molar-refractivity contribution in [3.05, 3.63) is 27.9 Å². The van der Waals surface area contributed by atoms with Crippen LogP contribution in [0.3, 0.4) is 0 Å². The number of likely N-dealkylation sites (N-methyl/N-ethyl adjacent to an activating group) is 1. The molecule has 1 atom stereocenters. The number of carbonyl (C=O) groups excluding carboxylic acids is 2. The van der Waals surface area contributed by atoms with Gasteiger partial charge in [-0.1, -0.05) is 0 Å². The van der Waals surface area contributed by atoms with Crippen molar-refractivity contribution in [2.24, 2.45) is 0 Å². The molecule has 0 aliphatic rings. The highest BCUT2D eigenvalue weighted by atomic mass is 35.7.